The molecule has 2 aromatic rings. The van der Waals surface area contributed by atoms with Crippen LogP contribution in [0.2, 0.25) is 0 Å². The largest absolute Gasteiger partial charge is 0.496 e. The highest BCUT2D eigenvalue weighted by molar-refractivity contribution is 9.10. The number of halogens is 1. The first-order valence-electron chi connectivity index (χ1n) is 5.63. The molecule has 0 saturated carbocycles. The van der Waals surface area contributed by atoms with Crippen LogP contribution in [0.1, 0.15) is 16.6 Å². The first-order valence-corrected chi connectivity index (χ1v) is 7.30. The molecule has 0 aliphatic rings. The summed E-state index contributed by atoms with van der Waals surface area (Å²) in [6.07, 6.45) is 2.70. The van der Waals surface area contributed by atoms with Crippen molar-refractivity contribution in [2.75, 3.05) is 14.2 Å². The normalized spacial score (nSPS) is 12.4. The van der Waals surface area contributed by atoms with E-state index < -0.39 is 0 Å². The Hall–Kier alpha value is -0.910. The van der Waals surface area contributed by atoms with Crippen LogP contribution in [-0.4, -0.2) is 19.1 Å². The molecule has 0 aliphatic carbocycles. The summed E-state index contributed by atoms with van der Waals surface area (Å²) in [5.41, 5.74) is 1.07. The van der Waals surface area contributed by atoms with E-state index in [0.717, 1.165) is 22.3 Å². The summed E-state index contributed by atoms with van der Waals surface area (Å²) in [4.78, 5) is 5.67. The Kier molecular flexibility index (Phi) is 4.74. The van der Waals surface area contributed by atoms with E-state index in [2.05, 4.69) is 32.3 Å². The van der Waals surface area contributed by atoms with Gasteiger partial charge in [0.15, 0.2) is 0 Å². The average molecular weight is 327 g/mol. The lowest BCUT2D eigenvalue weighted by molar-refractivity contribution is 0.416. The molecule has 0 radical (unpaired) electrons. The van der Waals surface area contributed by atoms with Crippen molar-refractivity contribution < 1.29 is 4.74 Å². The third kappa shape index (κ3) is 3.31. The molecule has 0 bridgehead atoms. The van der Waals surface area contributed by atoms with E-state index in [4.69, 9.17) is 4.74 Å². The number of methoxy groups -OCH3 is 1. The first-order chi connectivity index (χ1) is 8.72. The highest BCUT2D eigenvalue weighted by Gasteiger charge is 2.13. The monoisotopic (exact) mass is 326 g/mol. The van der Waals surface area contributed by atoms with Gasteiger partial charge in [0, 0.05) is 39.1 Å². The summed E-state index contributed by atoms with van der Waals surface area (Å²) < 4.78 is 6.22. The zero-order chi connectivity index (χ0) is 13.0. The number of likely N-dealkylation sites (N-methyl/N-ethyl adjacent to an activating group) is 1. The number of hydrogen-bond acceptors (Lipinski definition) is 4. The van der Waals surface area contributed by atoms with Crippen LogP contribution in [0.4, 0.5) is 0 Å². The number of aromatic nitrogens is 1. The molecule has 0 aromatic carbocycles. The second-order valence-electron chi connectivity index (χ2n) is 3.90. The van der Waals surface area contributed by atoms with Crippen LogP contribution in [0.25, 0.3) is 0 Å². The summed E-state index contributed by atoms with van der Waals surface area (Å²) in [6, 6.07) is 6.40. The van der Waals surface area contributed by atoms with Crippen LogP contribution in [0.3, 0.4) is 0 Å². The Morgan fingerprint density at radius 1 is 1.50 bits per heavy atom. The molecule has 0 saturated heterocycles. The Bertz CT molecular complexity index is 498. The molecule has 0 spiro atoms. The summed E-state index contributed by atoms with van der Waals surface area (Å²) in [7, 11) is 3.66. The minimum atomic E-state index is 0.271. The predicted octanol–water partition coefficient (Wildman–Crippen LogP) is 3.42. The van der Waals surface area contributed by atoms with Crippen LogP contribution in [-0.2, 0) is 6.42 Å². The summed E-state index contributed by atoms with van der Waals surface area (Å²) in [6.45, 7) is 0. The van der Waals surface area contributed by atoms with E-state index in [1.807, 2.05) is 30.8 Å². The van der Waals surface area contributed by atoms with Crippen molar-refractivity contribution in [3.05, 3.63) is 44.8 Å². The minimum absolute atomic E-state index is 0.271. The van der Waals surface area contributed by atoms with Gasteiger partial charge in [-0.05, 0) is 41.2 Å². The van der Waals surface area contributed by atoms with Crippen molar-refractivity contribution in [3.8, 4) is 5.75 Å². The minimum Gasteiger partial charge on any atom is -0.496 e. The summed E-state index contributed by atoms with van der Waals surface area (Å²) in [5.74, 6) is 0.916. The third-order valence-electron chi connectivity index (χ3n) is 2.73. The molecule has 0 aliphatic heterocycles. The van der Waals surface area contributed by atoms with Crippen molar-refractivity contribution in [2.24, 2.45) is 0 Å². The van der Waals surface area contributed by atoms with E-state index in [1.165, 1.54) is 4.88 Å². The Morgan fingerprint density at radius 3 is 2.89 bits per heavy atom. The van der Waals surface area contributed by atoms with Crippen LogP contribution < -0.4 is 10.1 Å². The van der Waals surface area contributed by atoms with E-state index in [1.54, 1.807) is 18.4 Å². The SMILES string of the molecule is CNC(Cc1ccc(Br)cn1)c1cc(OC)cs1. The Labute approximate surface area is 119 Å². The van der Waals surface area contributed by atoms with Crippen LogP contribution in [0.15, 0.2) is 34.2 Å². The lowest BCUT2D eigenvalue weighted by atomic mass is 10.1. The van der Waals surface area contributed by atoms with Gasteiger partial charge in [-0.1, -0.05) is 0 Å². The van der Waals surface area contributed by atoms with Crippen molar-refractivity contribution in [3.63, 3.8) is 0 Å². The third-order valence-corrected chi connectivity index (χ3v) is 4.22. The van der Waals surface area contributed by atoms with Crippen LogP contribution in [0.5, 0.6) is 5.75 Å². The molecule has 0 fully saturated rings. The number of hydrogen-bond donors (Lipinski definition) is 1. The quantitative estimate of drug-likeness (QED) is 0.914. The lowest BCUT2D eigenvalue weighted by Gasteiger charge is -2.13. The van der Waals surface area contributed by atoms with Crippen molar-refractivity contribution in [2.45, 2.75) is 12.5 Å². The Morgan fingerprint density at radius 2 is 2.33 bits per heavy atom. The summed E-state index contributed by atoms with van der Waals surface area (Å²) >= 11 is 5.10. The maximum atomic E-state index is 5.22. The van der Waals surface area contributed by atoms with E-state index in [-0.39, 0.29) is 6.04 Å². The number of ether oxygens (including phenoxy) is 1. The smallest absolute Gasteiger partial charge is 0.129 e. The molecule has 18 heavy (non-hydrogen) atoms. The highest BCUT2D eigenvalue weighted by atomic mass is 79.9. The zero-order valence-electron chi connectivity index (χ0n) is 10.3. The fourth-order valence-electron chi connectivity index (χ4n) is 1.71. The van der Waals surface area contributed by atoms with Gasteiger partial charge < -0.3 is 10.1 Å². The van der Waals surface area contributed by atoms with Gasteiger partial charge in [0.05, 0.1) is 7.11 Å². The molecule has 5 heteroatoms. The molecule has 3 nitrogen and oxygen atoms in total. The van der Waals surface area contributed by atoms with Gasteiger partial charge >= 0.3 is 0 Å². The second kappa shape index (κ2) is 6.31. The topological polar surface area (TPSA) is 34.2 Å². The number of pyridine rings is 1. The molecule has 2 rings (SSSR count). The van der Waals surface area contributed by atoms with Gasteiger partial charge in [0.1, 0.15) is 5.75 Å². The van der Waals surface area contributed by atoms with Crippen LogP contribution in [0, 0.1) is 0 Å². The fourth-order valence-corrected chi connectivity index (χ4v) is 2.91. The maximum Gasteiger partial charge on any atom is 0.129 e. The molecule has 2 heterocycles. The molecule has 1 atom stereocenters. The zero-order valence-corrected chi connectivity index (χ0v) is 12.7. The van der Waals surface area contributed by atoms with Gasteiger partial charge in [0.25, 0.3) is 0 Å². The van der Waals surface area contributed by atoms with E-state index >= 15 is 0 Å². The van der Waals surface area contributed by atoms with E-state index in [9.17, 15) is 0 Å². The highest BCUT2D eigenvalue weighted by Crippen LogP contribution is 2.28. The summed E-state index contributed by atoms with van der Waals surface area (Å²) in [5, 5.41) is 5.34. The molecular weight excluding hydrogens is 312 g/mol. The second-order valence-corrected chi connectivity index (χ2v) is 5.76. The molecule has 0 amide bonds. The van der Waals surface area contributed by atoms with Gasteiger partial charge in [-0.15, -0.1) is 11.3 Å². The number of thiophene rings is 1. The number of rotatable bonds is 5. The van der Waals surface area contributed by atoms with Crippen LogP contribution >= 0.6 is 27.3 Å². The molecule has 1 N–H and O–H groups in total. The molecular formula is C13H15BrN2OS. The average Bonchev–Trinajstić information content (AvgIpc) is 2.87. The van der Waals surface area contributed by atoms with Gasteiger partial charge in [-0.25, -0.2) is 0 Å². The Balaban J connectivity index is 2.11. The molecule has 2 aromatic heterocycles. The van der Waals surface area contributed by atoms with Crippen molar-refractivity contribution in [1.29, 1.82) is 0 Å². The van der Waals surface area contributed by atoms with Crippen molar-refractivity contribution >= 4 is 27.3 Å². The van der Waals surface area contributed by atoms with Gasteiger partial charge in [-0.2, -0.15) is 0 Å². The number of nitrogens with zero attached hydrogens (tertiary/aromatic N) is 1. The number of nitrogens with one attached hydrogen (secondary N) is 1. The first kappa shape index (κ1) is 13.5. The molecule has 96 valence electrons. The predicted molar refractivity (Wildman–Crippen MR) is 78.3 cm³/mol. The lowest BCUT2D eigenvalue weighted by Crippen LogP contribution is -2.18. The standard InChI is InChI=1S/C13H15BrN2OS/c1-15-12(13-6-11(17-2)8-18-13)5-10-4-3-9(14)7-16-10/h3-4,6-8,12,15H,5H2,1-2H3. The molecule has 1 unspecified atom stereocenters. The maximum absolute atomic E-state index is 5.22. The van der Waals surface area contributed by atoms with Crippen molar-refractivity contribution in [1.82, 2.24) is 10.3 Å². The van der Waals surface area contributed by atoms with E-state index in [0.29, 0.717) is 0 Å². The fraction of sp³-hybridized carbons (Fsp3) is 0.308. The van der Waals surface area contributed by atoms with Gasteiger partial charge in [-0.3, -0.25) is 4.98 Å². The van der Waals surface area contributed by atoms with Gasteiger partial charge in [0.2, 0.25) is 0 Å².